The topological polar surface area (TPSA) is 47.6 Å². The zero-order valence-electron chi connectivity index (χ0n) is 15.9. The van der Waals surface area contributed by atoms with Gasteiger partial charge in [0.2, 0.25) is 0 Å². The fraction of sp³-hybridized carbons (Fsp3) is 0.381. The highest BCUT2D eigenvalue weighted by Crippen LogP contribution is 2.27. The number of hydrogen-bond acceptors (Lipinski definition) is 3. The molecule has 1 fully saturated rings. The number of para-hydroxylation sites is 2. The second-order valence-electron chi connectivity index (χ2n) is 6.81. The van der Waals surface area contributed by atoms with Crippen LogP contribution in [0.25, 0.3) is 0 Å². The lowest BCUT2D eigenvalue weighted by Crippen LogP contribution is -2.46. The summed E-state index contributed by atoms with van der Waals surface area (Å²) in [6.07, 6.45) is 0. The molecule has 1 unspecified atom stereocenters. The largest absolute Gasteiger partial charge is 0.367 e. The van der Waals surface area contributed by atoms with E-state index in [1.807, 2.05) is 49.4 Å². The van der Waals surface area contributed by atoms with Gasteiger partial charge < -0.3 is 20.4 Å². The molecule has 0 bridgehead atoms. The molecule has 0 saturated carbocycles. The zero-order valence-corrected chi connectivity index (χ0v) is 17.5. The molecule has 1 atom stereocenters. The number of hydrogen-bond donors (Lipinski definition) is 2. The van der Waals surface area contributed by atoms with Gasteiger partial charge >= 0.3 is 6.03 Å². The Kier molecular flexibility index (Phi) is 6.74. The van der Waals surface area contributed by atoms with Crippen LogP contribution in [0, 0.1) is 0 Å². The molecule has 0 aliphatic carbocycles. The van der Waals surface area contributed by atoms with Gasteiger partial charge in [-0.3, -0.25) is 0 Å². The number of urea groups is 1. The molecule has 1 heterocycles. The highest BCUT2D eigenvalue weighted by atomic mass is 79.9. The minimum Gasteiger partial charge on any atom is -0.367 e. The van der Waals surface area contributed by atoms with E-state index in [0.29, 0.717) is 0 Å². The van der Waals surface area contributed by atoms with E-state index in [9.17, 15) is 4.79 Å². The highest BCUT2D eigenvalue weighted by molar-refractivity contribution is 9.10. The molecule has 1 aliphatic heterocycles. The quantitative estimate of drug-likeness (QED) is 0.734. The van der Waals surface area contributed by atoms with Gasteiger partial charge in [-0.2, -0.15) is 0 Å². The van der Waals surface area contributed by atoms with Gasteiger partial charge in [0, 0.05) is 30.7 Å². The number of carbonyl (C=O) groups excluding carboxylic acids is 1. The number of nitrogens with one attached hydrogen (secondary N) is 2. The molecular weight excluding hydrogens is 404 g/mol. The number of likely N-dealkylation sites (N-methyl/N-ethyl adjacent to an activating group) is 1. The summed E-state index contributed by atoms with van der Waals surface area (Å²) in [6.45, 7) is 9.32. The predicted octanol–water partition coefficient (Wildman–Crippen LogP) is 4.47. The van der Waals surface area contributed by atoms with Crippen molar-refractivity contribution in [3.05, 3.63) is 58.6 Å². The van der Waals surface area contributed by atoms with Gasteiger partial charge in [0.15, 0.2) is 0 Å². The molecule has 2 amide bonds. The van der Waals surface area contributed by atoms with Crippen LogP contribution < -0.4 is 15.5 Å². The number of piperazine rings is 1. The van der Waals surface area contributed by atoms with E-state index in [1.165, 1.54) is 0 Å². The van der Waals surface area contributed by atoms with E-state index in [-0.39, 0.29) is 12.1 Å². The zero-order chi connectivity index (χ0) is 19.2. The van der Waals surface area contributed by atoms with Crippen LogP contribution in [0.3, 0.4) is 0 Å². The monoisotopic (exact) mass is 430 g/mol. The van der Waals surface area contributed by atoms with Crippen molar-refractivity contribution in [1.29, 1.82) is 0 Å². The first-order valence-corrected chi connectivity index (χ1v) is 10.3. The van der Waals surface area contributed by atoms with E-state index in [4.69, 9.17) is 0 Å². The maximum Gasteiger partial charge on any atom is 0.319 e. The Labute approximate surface area is 169 Å². The molecular formula is C21H27BrN4O. The molecule has 2 N–H and O–H groups in total. The third kappa shape index (κ3) is 5.23. The Balaban J connectivity index is 1.64. The fourth-order valence-electron chi connectivity index (χ4n) is 3.37. The maximum atomic E-state index is 12.6. The van der Waals surface area contributed by atoms with Crippen LogP contribution in [0.4, 0.5) is 16.2 Å². The lowest BCUT2D eigenvalue weighted by Gasteiger charge is -2.36. The molecule has 3 rings (SSSR count). The Bertz CT molecular complexity index is 774. The smallest absolute Gasteiger partial charge is 0.319 e. The van der Waals surface area contributed by atoms with E-state index < -0.39 is 0 Å². The number of halogens is 1. The summed E-state index contributed by atoms with van der Waals surface area (Å²) in [5.74, 6) is 0. The van der Waals surface area contributed by atoms with Crippen LogP contribution in [0.5, 0.6) is 0 Å². The van der Waals surface area contributed by atoms with Crippen LogP contribution >= 0.6 is 15.9 Å². The second kappa shape index (κ2) is 9.24. The highest BCUT2D eigenvalue weighted by Gasteiger charge is 2.19. The van der Waals surface area contributed by atoms with Crippen LogP contribution in [0.1, 0.15) is 25.5 Å². The van der Waals surface area contributed by atoms with Crippen molar-refractivity contribution >= 4 is 33.3 Å². The number of benzene rings is 2. The average molecular weight is 431 g/mol. The third-order valence-electron chi connectivity index (χ3n) is 5.01. The van der Waals surface area contributed by atoms with Crippen LogP contribution in [-0.2, 0) is 0 Å². The minimum absolute atomic E-state index is 0.0808. The van der Waals surface area contributed by atoms with Crippen molar-refractivity contribution in [2.75, 3.05) is 42.9 Å². The fourth-order valence-corrected chi connectivity index (χ4v) is 3.79. The standard InChI is InChI=1S/C21H27BrN4O/c1-3-25-11-13-26(14-12-25)20-10-5-4-9-19(20)24-21(27)23-16(2)17-7-6-8-18(22)15-17/h4-10,15-16H,3,11-14H2,1-2H3,(H2,23,24,27). The number of rotatable bonds is 5. The van der Waals surface area contributed by atoms with E-state index in [2.05, 4.69) is 49.4 Å². The van der Waals surface area contributed by atoms with Crippen LogP contribution in [-0.4, -0.2) is 43.7 Å². The summed E-state index contributed by atoms with van der Waals surface area (Å²) in [5.41, 5.74) is 2.99. The lowest BCUT2D eigenvalue weighted by atomic mass is 10.1. The van der Waals surface area contributed by atoms with Gasteiger partial charge in [0.1, 0.15) is 0 Å². The average Bonchev–Trinajstić information content (AvgIpc) is 2.68. The molecule has 1 aliphatic rings. The summed E-state index contributed by atoms with van der Waals surface area (Å²) in [4.78, 5) is 17.3. The van der Waals surface area contributed by atoms with Crippen molar-refractivity contribution in [3.63, 3.8) is 0 Å². The summed E-state index contributed by atoms with van der Waals surface area (Å²) in [7, 11) is 0. The van der Waals surface area contributed by atoms with Crippen molar-refractivity contribution in [3.8, 4) is 0 Å². The number of amides is 2. The van der Waals surface area contributed by atoms with Gasteiger partial charge in [-0.05, 0) is 43.3 Å². The maximum absolute atomic E-state index is 12.6. The van der Waals surface area contributed by atoms with Crippen molar-refractivity contribution in [2.24, 2.45) is 0 Å². The molecule has 0 spiro atoms. The molecule has 144 valence electrons. The molecule has 0 radical (unpaired) electrons. The van der Waals surface area contributed by atoms with E-state index >= 15 is 0 Å². The van der Waals surface area contributed by atoms with Gasteiger partial charge in [-0.1, -0.05) is 47.1 Å². The van der Waals surface area contributed by atoms with Gasteiger partial charge in [-0.15, -0.1) is 0 Å². The number of anilines is 2. The molecule has 6 heteroatoms. The van der Waals surface area contributed by atoms with E-state index in [0.717, 1.165) is 54.1 Å². The summed E-state index contributed by atoms with van der Waals surface area (Å²) < 4.78 is 1.01. The van der Waals surface area contributed by atoms with Crippen molar-refractivity contribution < 1.29 is 4.79 Å². The van der Waals surface area contributed by atoms with Crippen LogP contribution in [0.2, 0.25) is 0 Å². The first-order valence-electron chi connectivity index (χ1n) is 9.46. The number of nitrogens with zero attached hydrogens (tertiary/aromatic N) is 2. The Morgan fingerprint density at radius 2 is 1.85 bits per heavy atom. The minimum atomic E-state index is -0.192. The van der Waals surface area contributed by atoms with Gasteiger partial charge in [0.25, 0.3) is 0 Å². The predicted molar refractivity (Wildman–Crippen MR) is 115 cm³/mol. The van der Waals surface area contributed by atoms with Gasteiger partial charge in [-0.25, -0.2) is 4.79 Å². The first kappa shape index (κ1) is 19.7. The lowest BCUT2D eigenvalue weighted by molar-refractivity contribution is 0.249. The Morgan fingerprint density at radius 1 is 1.11 bits per heavy atom. The summed E-state index contributed by atoms with van der Waals surface area (Å²) in [5, 5.41) is 6.05. The number of carbonyl (C=O) groups is 1. The Morgan fingerprint density at radius 3 is 2.56 bits per heavy atom. The molecule has 5 nitrogen and oxygen atoms in total. The molecule has 2 aromatic rings. The van der Waals surface area contributed by atoms with Crippen molar-refractivity contribution in [2.45, 2.75) is 19.9 Å². The van der Waals surface area contributed by atoms with Crippen LogP contribution in [0.15, 0.2) is 53.0 Å². The second-order valence-corrected chi connectivity index (χ2v) is 7.73. The molecule has 1 saturated heterocycles. The Hall–Kier alpha value is -2.05. The first-order chi connectivity index (χ1) is 13.1. The third-order valence-corrected chi connectivity index (χ3v) is 5.50. The summed E-state index contributed by atoms with van der Waals surface area (Å²) >= 11 is 3.48. The normalized spacial score (nSPS) is 16.0. The summed E-state index contributed by atoms with van der Waals surface area (Å²) in [6, 6.07) is 15.7. The SMILES string of the molecule is CCN1CCN(c2ccccc2NC(=O)NC(C)c2cccc(Br)c2)CC1. The molecule has 27 heavy (non-hydrogen) atoms. The molecule has 2 aromatic carbocycles. The van der Waals surface area contributed by atoms with Crippen molar-refractivity contribution in [1.82, 2.24) is 10.2 Å². The molecule has 0 aromatic heterocycles. The van der Waals surface area contributed by atoms with E-state index in [1.54, 1.807) is 0 Å². The van der Waals surface area contributed by atoms with Gasteiger partial charge in [0.05, 0.1) is 17.4 Å².